The first kappa shape index (κ1) is 30.4. The molecule has 0 amide bonds. The number of para-hydroxylation sites is 6. The lowest BCUT2D eigenvalue weighted by molar-refractivity contribution is 1.02. The molecule has 0 saturated heterocycles. The SMILES string of the molecule is Cn1c2ccccc2c2cccc(-c3cccc4c(-c5cccc6c7ccccc7n(C)c56)c5cccc(-c6cccc7c6[nH]c6ccccc67)c5cc34)c21. The van der Waals surface area contributed by atoms with Crippen LogP contribution in [0.2, 0.25) is 0 Å². The van der Waals surface area contributed by atoms with Crippen LogP contribution >= 0.6 is 0 Å². The number of fused-ring (bicyclic) bond motifs is 11. The molecule has 0 saturated carbocycles. The molecule has 0 spiro atoms. The molecule has 12 rings (SSSR count). The number of hydrogen-bond acceptors (Lipinski definition) is 0. The zero-order chi connectivity index (χ0) is 36.4. The second-order valence-corrected chi connectivity index (χ2v) is 15.0. The first-order valence-electron chi connectivity index (χ1n) is 19.1. The van der Waals surface area contributed by atoms with Gasteiger partial charge in [-0.05, 0) is 62.5 Å². The van der Waals surface area contributed by atoms with Crippen molar-refractivity contribution in [1.29, 1.82) is 0 Å². The summed E-state index contributed by atoms with van der Waals surface area (Å²) >= 11 is 0. The minimum atomic E-state index is 1.16. The summed E-state index contributed by atoms with van der Waals surface area (Å²) in [6, 6.07) is 62.9. The lowest BCUT2D eigenvalue weighted by Crippen LogP contribution is -1.95. The molecule has 3 heterocycles. The van der Waals surface area contributed by atoms with Crippen LogP contribution in [0.3, 0.4) is 0 Å². The molecular weight excluding hydrogens is 667 g/mol. The standard InChI is InChI=1S/C52H35N3/c1-54-47-28-7-4-15-34(47)41-24-12-23-40(51(41)54)32-18-10-20-37-45(32)30-44-31(38-21-11-22-39-33-14-3-6-27-46(33)53-50(38)39)17-9-19-36(44)49(37)43-26-13-25-42-35-16-5-8-29-48(35)55(2)52(42)43/h3-30,53H,1-2H3. The second-order valence-electron chi connectivity index (χ2n) is 15.0. The maximum Gasteiger partial charge on any atom is 0.0568 e. The van der Waals surface area contributed by atoms with E-state index in [1.54, 1.807) is 0 Å². The molecule has 0 aliphatic rings. The van der Waals surface area contributed by atoms with Gasteiger partial charge in [0.2, 0.25) is 0 Å². The van der Waals surface area contributed by atoms with Crippen molar-refractivity contribution in [2.75, 3.05) is 0 Å². The number of aryl methyl sites for hydroxylation is 2. The summed E-state index contributed by atoms with van der Waals surface area (Å²) in [5, 5.41) is 12.6. The highest BCUT2D eigenvalue weighted by atomic mass is 14.9. The van der Waals surface area contributed by atoms with E-state index >= 15 is 0 Å². The van der Waals surface area contributed by atoms with Crippen LogP contribution in [0, 0.1) is 0 Å². The van der Waals surface area contributed by atoms with Gasteiger partial charge in [0.05, 0.1) is 16.6 Å². The topological polar surface area (TPSA) is 25.6 Å². The quantitative estimate of drug-likeness (QED) is 0.178. The zero-order valence-electron chi connectivity index (χ0n) is 30.6. The molecule has 0 aliphatic carbocycles. The Kier molecular flexibility index (Phi) is 6.19. The molecular formula is C52H35N3. The van der Waals surface area contributed by atoms with Crippen LogP contribution in [0.5, 0.6) is 0 Å². The lowest BCUT2D eigenvalue weighted by atomic mass is 9.85. The highest BCUT2D eigenvalue weighted by Crippen LogP contribution is 2.48. The summed E-state index contributed by atoms with van der Waals surface area (Å²) in [5.41, 5.74) is 14.7. The fourth-order valence-corrected chi connectivity index (χ4v) is 9.92. The maximum atomic E-state index is 3.81. The Morgan fingerprint density at radius 1 is 0.327 bits per heavy atom. The Morgan fingerprint density at radius 2 is 0.764 bits per heavy atom. The smallest absolute Gasteiger partial charge is 0.0568 e. The molecule has 9 aromatic carbocycles. The van der Waals surface area contributed by atoms with E-state index in [2.05, 4.69) is 198 Å². The molecule has 3 heteroatoms. The second kappa shape index (κ2) is 11.2. The molecule has 3 nitrogen and oxygen atoms in total. The molecule has 0 atom stereocenters. The Bertz CT molecular complexity index is 3570. The Balaban J connectivity index is 1.26. The largest absolute Gasteiger partial charge is 0.354 e. The third-order valence-electron chi connectivity index (χ3n) is 12.3. The average Bonchev–Trinajstić information content (AvgIpc) is 3.87. The molecule has 0 aliphatic heterocycles. The predicted molar refractivity (Wildman–Crippen MR) is 235 cm³/mol. The molecule has 0 radical (unpaired) electrons. The van der Waals surface area contributed by atoms with E-state index in [1.165, 1.54) is 115 Å². The van der Waals surface area contributed by atoms with Crippen LogP contribution < -0.4 is 0 Å². The van der Waals surface area contributed by atoms with Crippen molar-refractivity contribution in [3.05, 3.63) is 170 Å². The van der Waals surface area contributed by atoms with Gasteiger partial charge in [0.15, 0.2) is 0 Å². The summed E-state index contributed by atoms with van der Waals surface area (Å²) in [5.74, 6) is 0. The fourth-order valence-electron chi connectivity index (χ4n) is 9.92. The van der Waals surface area contributed by atoms with Gasteiger partial charge in [-0.25, -0.2) is 0 Å². The average molecular weight is 702 g/mol. The van der Waals surface area contributed by atoms with Crippen molar-refractivity contribution >= 4 is 87.0 Å². The van der Waals surface area contributed by atoms with Crippen LogP contribution in [0.25, 0.3) is 120 Å². The van der Waals surface area contributed by atoms with Crippen LogP contribution in [0.15, 0.2) is 170 Å². The Morgan fingerprint density at radius 3 is 1.40 bits per heavy atom. The third-order valence-corrected chi connectivity index (χ3v) is 12.3. The van der Waals surface area contributed by atoms with Gasteiger partial charge in [-0.2, -0.15) is 0 Å². The van der Waals surface area contributed by atoms with Crippen molar-refractivity contribution in [3.63, 3.8) is 0 Å². The first-order chi connectivity index (χ1) is 27.2. The van der Waals surface area contributed by atoms with Crippen molar-refractivity contribution in [2.24, 2.45) is 14.1 Å². The Labute approximate surface area is 317 Å². The number of hydrogen-bond donors (Lipinski definition) is 1. The van der Waals surface area contributed by atoms with Crippen LogP contribution in [-0.4, -0.2) is 14.1 Å². The van der Waals surface area contributed by atoms with Gasteiger partial charge in [0.1, 0.15) is 0 Å². The normalized spacial score (nSPS) is 12.2. The van der Waals surface area contributed by atoms with E-state index < -0.39 is 0 Å². The molecule has 3 aromatic heterocycles. The van der Waals surface area contributed by atoms with E-state index in [1.807, 2.05) is 0 Å². The minimum absolute atomic E-state index is 1.16. The summed E-state index contributed by atoms with van der Waals surface area (Å²) in [7, 11) is 4.43. The molecule has 258 valence electrons. The number of H-pyrrole nitrogens is 1. The third kappa shape index (κ3) is 4.10. The van der Waals surface area contributed by atoms with Crippen molar-refractivity contribution in [1.82, 2.24) is 14.1 Å². The van der Waals surface area contributed by atoms with Crippen molar-refractivity contribution < 1.29 is 0 Å². The van der Waals surface area contributed by atoms with Crippen LogP contribution in [0.4, 0.5) is 0 Å². The van der Waals surface area contributed by atoms with E-state index in [4.69, 9.17) is 0 Å². The number of nitrogens with zero attached hydrogens (tertiary/aromatic N) is 2. The van der Waals surface area contributed by atoms with E-state index in [0.717, 1.165) is 5.52 Å². The van der Waals surface area contributed by atoms with Gasteiger partial charge in [-0.15, -0.1) is 0 Å². The van der Waals surface area contributed by atoms with Gasteiger partial charge in [-0.3, -0.25) is 0 Å². The predicted octanol–water partition coefficient (Wildman–Crippen LogP) is 13.9. The molecule has 1 N–H and O–H groups in total. The number of aromatic nitrogens is 3. The van der Waals surface area contributed by atoms with E-state index in [0.29, 0.717) is 0 Å². The molecule has 12 aromatic rings. The highest BCUT2D eigenvalue weighted by Gasteiger charge is 2.22. The van der Waals surface area contributed by atoms with E-state index in [-0.39, 0.29) is 0 Å². The van der Waals surface area contributed by atoms with Crippen molar-refractivity contribution in [2.45, 2.75) is 0 Å². The Hall–Kier alpha value is -7.10. The fraction of sp³-hybridized carbons (Fsp3) is 0.0385. The van der Waals surface area contributed by atoms with Gasteiger partial charge in [0, 0.05) is 79.7 Å². The van der Waals surface area contributed by atoms with Crippen LogP contribution in [-0.2, 0) is 14.1 Å². The van der Waals surface area contributed by atoms with Gasteiger partial charge in [-0.1, -0.05) is 146 Å². The van der Waals surface area contributed by atoms with Gasteiger partial charge < -0.3 is 14.1 Å². The molecule has 0 fully saturated rings. The number of benzene rings is 9. The maximum absolute atomic E-state index is 3.81. The molecule has 55 heavy (non-hydrogen) atoms. The lowest BCUT2D eigenvalue weighted by Gasteiger charge is -2.19. The minimum Gasteiger partial charge on any atom is -0.354 e. The van der Waals surface area contributed by atoms with Crippen molar-refractivity contribution in [3.8, 4) is 33.4 Å². The summed E-state index contributed by atoms with van der Waals surface area (Å²) in [6.45, 7) is 0. The monoisotopic (exact) mass is 701 g/mol. The summed E-state index contributed by atoms with van der Waals surface area (Å²) < 4.78 is 4.76. The number of rotatable bonds is 3. The summed E-state index contributed by atoms with van der Waals surface area (Å²) in [6.07, 6.45) is 0. The molecule has 0 unspecified atom stereocenters. The number of nitrogens with one attached hydrogen (secondary N) is 1. The number of aromatic amines is 1. The zero-order valence-corrected chi connectivity index (χ0v) is 30.6. The van der Waals surface area contributed by atoms with E-state index in [9.17, 15) is 0 Å². The highest BCUT2D eigenvalue weighted by molar-refractivity contribution is 6.25. The van der Waals surface area contributed by atoms with Crippen LogP contribution in [0.1, 0.15) is 0 Å². The van der Waals surface area contributed by atoms with Gasteiger partial charge in [0.25, 0.3) is 0 Å². The molecule has 0 bridgehead atoms. The first-order valence-corrected chi connectivity index (χ1v) is 19.1. The summed E-state index contributed by atoms with van der Waals surface area (Å²) in [4.78, 5) is 3.81. The van der Waals surface area contributed by atoms with Gasteiger partial charge >= 0.3 is 0 Å².